The maximum Gasteiger partial charge on any atom is 0.254 e. The molecule has 2 saturated heterocycles. The second kappa shape index (κ2) is 6.43. The molecule has 2 aromatic rings. The summed E-state index contributed by atoms with van der Waals surface area (Å²) in [4.78, 5) is 25.9. The van der Waals surface area contributed by atoms with Crippen LogP contribution in [0.3, 0.4) is 0 Å². The molecule has 0 N–H and O–H groups in total. The number of amides is 1. The number of rotatable bonds is 3. The van der Waals surface area contributed by atoms with Crippen molar-refractivity contribution in [3.05, 3.63) is 53.2 Å². The SMILES string of the molecule is Cc1nc([C@@H]2CCN2C(=O)c2ccc(F)cc2)cc(N2CCCC2)n1. The summed E-state index contributed by atoms with van der Waals surface area (Å²) in [6, 6.07) is 7.71. The van der Waals surface area contributed by atoms with Crippen LogP contribution in [0.1, 0.15) is 47.2 Å². The van der Waals surface area contributed by atoms with E-state index in [1.807, 2.05) is 17.9 Å². The summed E-state index contributed by atoms with van der Waals surface area (Å²) in [6.07, 6.45) is 3.27. The fourth-order valence-electron chi connectivity index (χ4n) is 3.55. The third-order valence-electron chi connectivity index (χ3n) is 4.99. The zero-order chi connectivity index (χ0) is 17.4. The maximum absolute atomic E-state index is 13.1. The minimum Gasteiger partial charge on any atom is -0.357 e. The first-order valence-electron chi connectivity index (χ1n) is 8.79. The number of halogens is 1. The van der Waals surface area contributed by atoms with Gasteiger partial charge in [-0.1, -0.05) is 0 Å². The number of nitrogens with zero attached hydrogens (tertiary/aromatic N) is 4. The van der Waals surface area contributed by atoms with E-state index >= 15 is 0 Å². The molecule has 0 unspecified atom stereocenters. The third kappa shape index (κ3) is 3.08. The van der Waals surface area contributed by atoms with Crippen LogP contribution >= 0.6 is 0 Å². The molecule has 1 aromatic carbocycles. The fourth-order valence-corrected chi connectivity index (χ4v) is 3.55. The summed E-state index contributed by atoms with van der Waals surface area (Å²) in [6.45, 7) is 4.65. The highest BCUT2D eigenvalue weighted by Gasteiger charge is 2.35. The van der Waals surface area contributed by atoms with Crippen molar-refractivity contribution in [2.24, 2.45) is 0 Å². The van der Waals surface area contributed by atoms with Gasteiger partial charge in [0, 0.05) is 31.3 Å². The summed E-state index contributed by atoms with van der Waals surface area (Å²) in [5, 5.41) is 0. The lowest BCUT2D eigenvalue weighted by Crippen LogP contribution is -2.45. The Kier molecular flexibility index (Phi) is 4.11. The van der Waals surface area contributed by atoms with Crippen LogP contribution < -0.4 is 4.90 Å². The minimum absolute atomic E-state index is 0.0272. The van der Waals surface area contributed by atoms with Gasteiger partial charge in [0.15, 0.2) is 0 Å². The van der Waals surface area contributed by atoms with Crippen LogP contribution in [-0.4, -0.2) is 40.4 Å². The van der Waals surface area contributed by atoms with Gasteiger partial charge >= 0.3 is 0 Å². The quantitative estimate of drug-likeness (QED) is 0.861. The van der Waals surface area contributed by atoms with Crippen molar-refractivity contribution < 1.29 is 9.18 Å². The van der Waals surface area contributed by atoms with Gasteiger partial charge in [0.1, 0.15) is 17.5 Å². The van der Waals surface area contributed by atoms with Gasteiger partial charge in [-0.05, 0) is 50.5 Å². The molecule has 0 spiro atoms. The first-order valence-corrected chi connectivity index (χ1v) is 8.79. The van der Waals surface area contributed by atoms with Crippen molar-refractivity contribution >= 4 is 11.7 Å². The van der Waals surface area contributed by atoms with Crippen molar-refractivity contribution in [3.63, 3.8) is 0 Å². The molecule has 2 fully saturated rings. The Balaban J connectivity index is 1.57. The zero-order valence-electron chi connectivity index (χ0n) is 14.3. The van der Waals surface area contributed by atoms with Crippen LogP contribution in [-0.2, 0) is 0 Å². The second-order valence-electron chi connectivity index (χ2n) is 6.70. The van der Waals surface area contributed by atoms with Gasteiger partial charge < -0.3 is 9.80 Å². The van der Waals surface area contributed by atoms with E-state index in [1.165, 1.54) is 37.1 Å². The molecule has 130 valence electrons. The summed E-state index contributed by atoms with van der Waals surface area (Å²) >= 11 is 0. The molecule has 6 heteroatoms. The number of carbonyl (C=O) groups excluding carboxylic acids is 1. The highest BCUT2D eigenvalue weighted by molar-refractivity contribution is 5.95. The average Bonchev–Trinajstić information content (AvgIpc) is 3.08. The lowest BCUT2D eigenvalue weighted by atomic mass is 9.97. The highest BCUT2D eigenvalue weighted by Crippen LogP contribution is 2.35. The molecule has 2 aliphatic rings. The van der Waals surface area contributed by atoms with Crippen molar-refractivity contribution in [2.75, 3.05) is 24.5 Å². The van der Waals surface area contributed by atoms with Crippen LogP contribution in [0.15, 0.2) is 30.3 Å². The largest absolute Gasteiger partial charge is 0.357 e. The van der Waals surface area contributed by atoms with Gasteiger partial charge in [-0.3, -0.25) is 4.79 Å². The number of hydrogen-bond acceptors (Lipinski definition) is 4. The molecule has 0 aliphatic carbocycles. The van der Waals surface area contributed by atoms with E-state index in [4.69, 9.17) is 0 Å². The molecule has 4 rings (SSSR count). The van der Waals surface area contributed by atoms with Crippen LogP contribution in [0.5, 0.6) is 0 Å². The Hall–Kier alpha value is -2.50. The van der Waals surface area contributed by atoms with Gasteiger partial charge in [-0.25, -0.2) is 14.4 Å². The molecule has 0 bridgehead atoms. The Morgan fingerprint density at radius 3 is 2.48 bits per heavy atom. The highest BCUT2D eigenvalue weighted by atomic mass is 19.1. The molecule has 5 nitrogen and oxygen atoms in total. The van der Waals surface area contributed by atoms with Gasteiger partial charge in [0.05, 0.1) is 11.7 Å². The van der Waals surface area contributed by atoms with E-state index in [0.717, 1.165) is 36.8 Å². The Bertz CT molecular complexity index is 787. The topological polar surface area (TPSA) is 49.3 Å². The minimum atomic E-state index is -0.335. The Labute approximate surface area is 146 Å². The van der Waals surface area contributed by atoms with Gasteiger partial charge in [-0.15, -0.1) is 0 Å². The van der Waals surface area contributed by atoms with E-state index in [9.17, 15) is 9.18 Å². The van der Waals surface area contributed by atoms with Crippen molar-refractivity contribution in [2.45, 2.75) is 32.2 Å². The molecule has 25 heavy (non-hydrogen) atoms. The normalized spacial score (nSPS) is 19.8. The number of hydrogen-bond donors (Lipinski definition) is 0. The van der Waals surface area contributed by atoms with E-state index in [1.54, 1.807) is 0 Å². The predicted octanol–water partition coefficient (Wildman–Crippen LogP) is 3.11. The monoisotopic (exact) mass is 340 g/mol. The molecule has 3 heterocycles. The van der Waals surface area contributed by atoms with Gasteiger partial charge in [0.2, 0.25) is 0 Å². The maximum atomic E-state index is 13.1. The molecule has 1 aromatic heterocycles. The van der Waals surface area contributed by atoms with E-state index < -0.39 is 0 Å². The van der Waals surface area contributed by atoms with Crippen molar-refractivity contribution in [1.29, 1.82) is 0 Å². The first kappa shape index (κ1) is 16.0. The first-order chi connectivity index (χ1) is 12.1. The van der Waals surface area contributed by atoms with Crippen molar-refractivity contribution in [3.8, 4) is 0 Å². The van der Waals surface area contributed by atoms with E-state index in [-0.39, 0.29) is 17.8 Å². The number of benzene rings is 1. The molecule has 1 amide bonds. The number of carbonyl (C=O) groups is 1. The number of aromatic nitrogens is 2. The molecule has 2 aliphatic heterocycles. The number of likely N-dealkylation sites (tertiary alicyclic amines) is 1. The predicted molar refractivity (Wildman–Crippen MR) is 93.0 cm³/mol. The Morgan fingerprint density at radius 2 is 1.84 bits per heavy atom. The van der Waals surface area contributed by atoms with Crippen LogP contribution in [0, 0.1) is 12.7 Å². The van der Waals surface area contributed by atoms with Crippen LogP contribution in [0.4, 0.5) is 10.2 Å². The van der Waals surface area contributed by atoms with Gasteiger partial charge in [0.25, 0.3) is 5.91 Å². The standard InChI is InChI=1S/C19H21FN4O/c1-13-21-16(12-18(22-13)23-9-2-3-10-23)17-8-11-24(17)19(25)14-4-6-15(20)7-5-14/h4-7,12,17H,2-3,8-11H2,1H3/t17-/m0/s1. The third-order valence-corrected chi connectivity index (χ3v) is 4.99. The summed E-state index contributed by atoms with van der Waals surface area (Å²) in [5.74, 6) is 1.29. The van der Waals surface area contributed by atoms with Crippen molar-refractivity contribution in [1.82, 2.24) is 14.9 Å². The molecule has 1 atom stereocenters. The second-order valence-corrected chi connectivity index (χ2v) is 6.70. The summed E-state index contributed by atoms with van der Waals surface area (Å²) in [5.41, 5.74) is 1.41. The number of aryl methyl sites for hydroxylation is 1. The Morgan fingerprint density at radius 1 is 1.12 bits per heavy atom. The van der Waals surface area contributed by atoms with E-state index in [0.29, 0.717) is 12.1 Å². The summed E-state index contributed by atoms with van der Waals surface area (Å²) < 4.78 is 13.1. The lowest BCUT2D eigenvalue weighted by Gasteiger charge is -2.41. The van der Waals surface area contributed by atoms with Gasteiger partial charge in [-0.2, -0.15) is 0 Å². The molecular formula is C19H21FN4O. The fraction of sp³-hybridized carbons (Fsp3) is 0.421. The summed E-state index contributed by atoms with van der Waals surface area (Å²) in [7, 11) is 0. The zero-order valence-corrected chi connectivity index (χ0v) is 14.3. The molecule has 0 saturated carbocycles. The van der Waals surface area contributed by atoms with Crippen LogP contribution in [0.25, 0.3) is 0 Å². The number of anilines is 1. The van der Waals surface area contributed by atoms with E-state index in [2.05, 4.69) is 14.9 Å². The molecular weight excluding hydrogens is 319 g/mol. The average molecular weight is 340 g/mol. The lowest BCUT2D eigenvalue weighted by molar-refractivity contribution is 0.0450. The smallest absolute Gasteiger partial charge is 0.254 e. The molecule has 0 radical (unpaired) electrons. The van der Waals surface area contributed by atoms with Crippen LogP contribution in [0.2, 0.25) is 0 Å².